The van der Waals surface area contributed by atoms with E-state index >= 15 is 0 Å². The van der Waals surface area contributed by atoms with Gasteiger partial charge in [0.25, 0.3) is 5.91 Å². The van der Waals surface area contributed by atoms with Gasteiger partial charge in [-0.05, 0) is 25.7 Å². The summed E-state index contributed by atoms with van der Waals surface area (Å²) in [5.41, 5.74) is 0.423. The number of aromatic nitrogens is 2. The van der Waals surface area contributed by atoms with E-state index in [0.29, 0.717) is 17.4 Å². The Morgan fingerprint density at radius 3 is 2.71 bits per heavy atom. The number of nitrogens with one attached hydrogen (secondary N) is 1. The minimum atomic E-state index is -0.0189. The van der Waals surface area contributed by atoms with Crippen molar-refractivity contribution in [2.24, 2.45) is 5.92 Å². The van der Waals surface area contributed by atoms with Gasteiger partial charge in [-0.3, -0.25) is 4.79 Å². The largest absolute Gasteiger partial charge is 0.372 e. The monoisotopic (exact) mass is 234 g/mol. The van der Waals surface area contributed by atoms with Crippen molar-refractivity contribution in [2.75, 3.05) is 25.5 Å². The molecule has 0 bridgehead atoms. The number of carbonyl (C=O) groups excluding carboxylic acids is 1. The van der Waals surface area contributed by atoms with Gasteiger partial charge in [0.1, 0.15) is 11.5 Å². The van der Waals surface area contributed by atoms with Crippen LogP contribution in [0, 0.1) is 5.92 Å². The van der Waals surface area contributed by atoms with E-state index < -0.39 is 0 Å². The predicted molar refractivity (Wildman–Crippen MR) is 65.9 cm³/mol. The van der Waals surface area contributed by atoms with Gasteiger partial charge in [-0.25, -0.2) is 9.97 Å². The molecule has 1 heterocycles. The van der Waals surface area contributed by atoms with Gasteiger partial charge >= 0.3 is 0 Å². The summed E-state index contributed by atoms with van der Waals surface area (Å²) in [5.74, 6) is 1.35. The molecule has 1 aliphatic rings. The highest BCUT2D eigenvalue weighted by Crippen LogP contribution is 2.29. The van der Waals surface area contributed by atoms with Gasteiger partial charge in [-0.1, -0.05) is 0 Å². The molecule has 1 aromatic heterocycles. The van der Waals surface area contributed by atoms with Crippen LogP contribution in [0.2, 0.25) is 0 Å². The Morgan fingerprint density at radius 2 is 2.24 bits per heavy atom. The van der Waals surface area contributed by atoms with Gasteiger partial charge in [0.05, 0.1) is 12.4 Å². The molecule has 0 saturated heterocycles. The lowest BCUT2D eigenvalue weighted by molar-refractivity contribution is 0.0750. The smallest absolute Gasteiger partial charge is 0.274 e. The van der Waals surface area contributed by atoms with E-state index in [9.17, 15) is 4.79 Å². The molecule has 0 radical (unpaired) electrons. The molecule has 1 fully saturated rings. The molecule has 0 atom stereocenters. The van der Waals surface area contributed by atoms with Crippen molar-refractivity contribution < 1.29 is 4.79 Å². The van der Waals surface area contributed by atoms with Gasteiger partial charge in [0.15, 0.2) is 0 Å². The standard InChI is InChI=1S/C12H18N4O/c1-3-16(8-9-4-5-9)12(17)10-6-15-11(13-2)7-14-10/h6-7,9H,3-5,8H2,1-2H3,(H,13,15). The van der Waals surface area contributed by atoms with Crippen molar-refractivity contribution >= 4 is 11.7 Å². The molecule has 1 aromatic rings. The fourth-order valence-corrected chi connectivity index (χ4v) is 1.70. The summed E-state index contributed by atoms with van der Waals surface area (Å²) in [6.45, 7) is 3.57. The summed E-state index contributed by atoms with van der Waals surface area (Å²) in [6.07, 6.45) is 5.60. The van der Waals surface area contributed by atoms with E-state index in [4.69, 9.17) is 0 Å². The molecule has 92 valence electrons. The SMILES string of the molecule is CCN(CC1CC1)C(=O)c1cnc(NC)cn1. The van der Waals surface area contributed by atoms with Crippen LogP contribution in [0.1, 0.15) is 30.3 Å². The number of hydrogen-bond donors (Lipinski definition) is 1. The number of nitrogens with zero attached hydrogens (tertiary/aromatic N) is 3. The van der Waals surface area contributed by atoms with Crippen LogP contribution < -0.4 is 5.32 Å². The molecule has 2 rings (SSSR count). The average molecular weight is 234 g/mol. The fraction of sp³-hybridized carbons (Fsp3) is 0.583. The summed E-state index contributed by atoms with van der Waals surface area (Å²) in [7, 11) is 1.77. The lowest BCUT2D eigenvalue weighted by atomic mass is 10.3. The Balaban J connectivity index is 2.04. The first-order chi connectivity index (χ1) is 8.24. The van der Waals surface area contributed by atoms with Crippen molar-refractivity contribution in [1.82, 2.24) is 14.9 Å². The van der Waals surface area contributed by atoms with E-state index in [0.717, 1.165) is 13.1 Å². The first-order valence-corrected chi connectivity index (χ1v) is 6.03. The highest BCUT2D eigenvalue weighted by Gasteiger charge is 2.26. The molecule has 1 saturated carbocycles. The van der Waals surface area contributed by atoms with E-state index in [1.54, 1.807) is 13.2 Å². The Labute approximate surface area is 101 Å². The predicted octanol–water partition coefficient (Wildman–Crippen LogP) is 1.39. The van der Waals surface area contributed by atoms with Crippen molar-refractivity contribution in [2.45, 2.75) is 19.8 Å². The summed E-state index contributed by atoms with van der Waals surface area (Å²) in [4.78, 5) is 22.2. The minimum absolute atomic E-state index is 0.0189. The molecule has 1 amide bonds. The summed E-state index contributed by atoms with van der Waals surface area (Å²) >= 11 is 0. The van der Waals surface area contributed by atoms with Crippen molar-refractivity contribution in [3.63, 3.8) is 0 Å². The lowest BCUT2D eigenvalue weighted by Crippen LogP contribution is -2.33. The molecule has 1 N–H and O–H groups in total. The van der Waals surface area contributed by atoms with Gasteiger partial charge in [0, 0.05) is 20.1 Å². The fourth-order valence-electron chi connectivity index (χ4n) is 1.70. The molecule has 0 aliphatic heterocycles. The third-order valence-electron chi connectivity index (χ3n) is 2.97. The van der Waals surface area contributed by atoms with Crippen LogP contribution in [-0.2, 0) is 0 Å². The summed E-state index contributed by atoms with van der Waals surface area (Å²) < 4.78 is 0. The van der Waals surface area contributed by atoms with E-state index in [-0.39, 0.29) is 5.91 Å². The molecule has 0 spiro atoms. The number of rotatable bonds is 5. The van der Waals surface area contributed by atoms with Crippen LogP contribution in [0.25, 0.3) is 0 Å². The zero-order valence-corrected chi connectivity index (χ0v) is 10.3. The van der Waals surface area contributed by atoms with E-state index in [1.165, 1.54) is 19.0 Å². The van der Waals surface area contributed by atoms with Crippen molar-refractivity contribution in [1.29, 1.82) is 0 Å². The van der Waals surface area contributed by atoms with Gasteiger partial charge in [0.2, 0.25) is 0 Å². The zero-order valence-electron chi connectivity index (χ0n) is 10.3. The molecule has 0 aromatic carbocycles. The van der Waals surface area contributed by atoms with Gasteiger partial charge < -0.3 is 10.2 Å². The third-order valence-corrected chi connectivity index (χ3v) is 2.97. The molecule has 5 heteroatoms. The van der Waals surface area contributed by atoms with Gasteiger partial charge in [-0.2, -0.15) is 0 Å². The van der Waals surface area contributed by atoms with E-state index in [2.05, 4.69) is 15.3 Å². The zero-order chi connectivity index (χ0) is 12.3. The molecule has 17 heavy (non-hydrogen) atoms. The highest BCUT2D eigenvalue weighted by molar-refractivity contribution is 5.92. The second kappa shape index (κ2) is 5.12. The number of carbonyl (C=O) groups is 1. The maximum Gasteiger partial charge on any atom is 0.274 e. The van der Waals surface area contributed by atoms with Crippen molar-refractivity contribution in [3.05, 3.63) is 18.1 Å². The Morgan fingerprint density at radius 1 is 1.47 bits per heavy atom. The topological polar surface area (TPSA) is 58.1 Å². The first-order valence-electron chi connectivity index (χ1n) is 6.03. The second-order valence-corrected chi connectivity index (χ2v) is 4.32. The Kier molecular flexibility index (Phi) is 3.56. The normalized spacial score (nSPS) is 14.5. The maximum absolute atomic E-state index is 12.1. The van der Waals surface area contributed by atoms with E-state index in [1.807, 2.05) is 11.8 Å². The van der Waals surface area contributed by atoms with Crippen LogP contribution in [0.3, 0.4) is 0 Å². The molecule has 1 aliphatic carbocycles. The van der Waals surface area contributed by atoms with Crippen LogP contribution in [-0.4, -0.2) is 40.9 Å². The Bertz CT molecular complexity index is 386. The van der Waals surface area contributed by atoms with Crippen LogP contribution >= 0.6 is 0 Å². The van der Waals surface area contributed by atoms with Crippen molar-refractivity contribution in [3.8, 4) is 0 Å². The number of hydrogen-bond acceptors (Lipinski definition) is 4. The first kappa shape index (κ1) is 11.8. The highest BCUT2D eigenvalue weighted by atomic mass is 16.2. The molecular weight excluding hydrogens is 216 g/mol. The van der Waals surface area contributed by atoms with Crippen LogP contribution in [0.15, 0.2) is 12.4 Å². The second-order valence-electron chi connectivity index (χ2n) is 4.32. The quantitative estimate of drug-likeness (QED) is 0.836. The lowest BCUT2D eigenvalue weighted by Gasteiger charge is -2.19. The molecular formula is C12H18N4O. The average Bonchev–Trinajstić information content (AvgIpc) is 3.19. The number of anilines is 1. The molecule has 5 nitrogen and oxygen atoms in total. The minimum Gasteiger partial charge on any atom is -0.372 e. The Hall–Kier alpha value is -1.65. The summed E-state index contributed by atoms with van der Waals surface area (Å²) in [6, 6.07) is 0. The number of amides is 1. The van der Waals surface area contributed by atoms with Gasteiger partial charge in [-0.15, -0.1) is 0 Å². The third kappa shape index (κ3) is 2.93. The maximum atomic E-state index is 12.1. The summed E-state index contributed by atoms with van der Waals surface area (Å²) in [5, 5.41) is 2.88. The van der Waals surface area contributed by atoms with Crippen LogP contribution in [0.4, 0.5) is 5.82 Å². The molecule has 0 unspecified atom stereocenters. The van der Waals surface area contributed by atoms with Crippen LogP contribution in [0.5, 0.6) is 0 Å².